The van der Waals surface area contributed by atoms with Gasteiger partial charge in [0.1, 0.15) is 11.4 Å². The van der Waals surface area contributed by atoms with Gasteiger partial charge in [0.25, 0.3) is 5.69 Å². The van der Waals surface area contributed by atoms with E-state index >= 15 is 0 Å². The van der Waals surface area contributed by atoms with E-state index in [1.54, 1.807) is 6.07 Å². The van der Waals surface area contributed by atoms with Crippen molar-refractivity contribution in [2.75, 3.05) is 13.7 Å². The molecule has 1 aromatic carbocycles. The van der Waals surface area contributed by atoms with E-state index in [1.165, 1.54) is 19.2 Å². The standard InChI is InChI=1S/C10H11NO4/c1-10(6-15-10)8-5-7(11(12)13)3-4-9(8)14-2/h3-5H,6H2,1-2H3. The number of nitro benzene ring substituents is 1. The minimum atomic E-state index is -0.422. The van der Waals surface area contributed by atoms with Gasteiger partial charge >= 0.3 is 0 Å². The highest BCUT2D eigenvalue weighted by molar-refractivity contribution is 5.48. The van der Waals surface area contributed by atoms with Gasteiger partial charge in [-0.05, 0) is 13.0 Å². The highest BCUT2D eigenvalue weighted by Gasteiger charge is 2.44. The van der Waals surface area contributed by atoms with Crippen LogP contribution in [0.15, 0.2) is 18.2 Å². The van der Waals surface area contributed by atoms with Gasteiger partial charge in [0.05, 0.1) is 18.6 Å². The minimum Gasteiger partial charge on any atom is -0.496 e. The fourth-order valence-electron chi connectivity index (χ4n) is 1.49. The van der Waals surface area contributed by atoms with Crippen LogP contribution in [0.3, 0.4) is 0 Å². The van der Waals surface area contributed by atoms with E-state index in [1.807, 2.05) is 6.92 Å². The molecule has 1 atom stereocenters. The van der Waals surface area contributed by atoms with Crippen LogP contribution in [0.25, 0.3) is 0 Å². The molecule has 0 saturated carbocycles. The molecule has 0 spiro atoms. The second-order valence-electron chi connectivity index (χ2n) is 3.66. The maximum atomic E-state index is 10.6. The maximum Gasteiger partial charge on any atom is 0.270 e. The maximum absolute atomic E-state index is 10.6. The number of benzene rings is 1. The molecule has 0 N–H and O–H groups in total. The van der Waals surface area contributed by atoms with Gasteiger partial charge in [0, 0.05) is 17.7 Å². The van der Waals surface area contributed by atoms with Crippen LogP contribution < -0.4 is 4.74 Å². The smallest absolute Gasteiger partial charge is 0.270 e. The Labute approximate surface area is 86.8 Å². The van der Waals surface area contributed by atoms with E-state index < -0.39 is 10.5 Å². The van der Waals surface area contributed by atoms with Crippen molar-refractivity contribution in [1.29, 1.82) is 0 Å². The molecule has 0 amide bonds. The molecule has 5 heteroatoms. The van der Waals surface area contributed by atoms with Crippen LogP contribution in [0.5, 0.6) is 5.75 Å². The second kappa shape index (κ2) is 3.20. The normalized spacial score (nSPS) is 23.6. The Morgan fingerprint density at radius 3 is 2.73 bits per heavy atom. The summed E-state index contributed by atoms with van der Waals surface area (Å²) in [4.78, 5) is 10.2. The number of hydrogen-bond donors (Lipinski definition) is 0. The van der Waals surface area contributed by atoms with Gasteiger partial charge in [0.2, 0.25) is 0 Å². The highest BCUT2D eigenvalue weighted by Crippen LogP contribution is 2.43. The van der Waals surface area contributed by atoms with E-state index in [0.29, 0.717) is 12.4 Å². The Morgan fingerprint density at radius 2 is 2.27 bits per heavy atom. The molecule has 5 nitrogen and oxygen atoms in total. The first-order chi connectivity index (χ1) is 7.07. The van der Waals surface area contributed by atoms with Crippen LogP contribution in [0.2, 0.25) is 0 Å². The second-order valence-corrected chi connectivity index (χ2v) is 3.66. The summed E-state index contributed by atoms with van der Waals surface area (Å²) in [6, 6.07) is 4.53. The van der Waals surface area contributed by atoms with Crippen molar-refractivity contribution in [3.8, 4) is 5.75 Å². The van der Waals surface area contributed by atoms with Crippen LogP contribution in [0, 0.1) is 10.1 Å². The minimum absolute atomic E-state index is 0.0579. The fourth-order valence-corrected chi connectivity index (χ4v) is 1.49. The molecule has 2 rings (SSSR count). The van der Waals surface area contributed by atoms with Crippen LogP contribution >= 0.6 is 0 Å². The van der Waals surface area contributed by atoms with E-state index in [0.717, 1.165) is 5.56 Å². The Kier molecular flexibility index (Phi) is 2.12. The van der Waals surface area contributed by atoms with Crippen molar-refractivity contribution in [3.05, 3.63) is 33.9 Å². The van der Waals surface area contributed by atoms with Gasteiger partial charge in [-0.15, -0.1) is 0 Å². The van der Waals surface area contributed by atoms with Gasteiger partial charge in [-0.25, -0.2) is 0 Å². The molecule has 1 unspecified atom stereocenters. The number of ether oxygens (including phenoxy) is 2. The number of rotatable bonds is 3. The number of epoxide rings is 1. The number of non-ortho nitro benzene ring substituents is 1. The molecular formula is C10H11NO4. The molecule has 80 valence electrons. The third-order valence-corrected chi connectivity index (χ3v) is 2.54. The number of hydrogen-bond acceptors (Lipinski definition) is 4. The van der Waals surface area contributed by atoms with E-state index in [2.05, 4.69) is 0 Å². The lowest BCUT2D eigenvalue weighted by atomic mass is 10.0. The molecular weight excluding hydrogens is 198 g/mol. The van der Waals surface area contributed by atoms with E-state index in [-0.39, 0.29) is 5.69 Å². The van der Waals surface area contributed by atoms with Crippen molar-refractivity contribution < 1.29 is 14.4 Å². The monoisotopic (exact) mass is 209 g/mol. The van der Waals surface area contributed by atoms with Gasteiger partial charge in [0.15, 0.2) is 0 Å². The van der Waals surface area contributed by atoms with Gasteiger partial charge in [-0.3, -0.25) is 10.1 Å². The van der Waals surface area contributed by atoms with Crippen molar-refractivity contribution >= 4 is 5.69 Å². The van der Waals surface area contributed by atoms with E-state index in [4.69, 9.17) is 9.47 Å². The fraction of sp³-hybridized carbons (Fsp3) is 0.400. The summed E-state index contributed by atoms with van der Waals surface area (Å²) in [5.41, 5.74) is 0.374. The first-order valence-electron chi connectivity index (χ1n) is 4.54. The number of nitrogens with zero attached hydrogens (tertiary/aromatic N) is 1. The molecule has 0 radical (unpaired) electrons. The third kappa shape index (κ3) is 1.66. The lowest BCUT2D eigenvalue weighted by Gasteiger charge is -2.10. The van der Waals surface area contributed by atoms with Crippen molar-refractivity contribution in [1.82, 2.24) is 0 Å². The Hall–Kier alpha value is -1.62. The van der Waals surface area contributed by atoms with Crippen LogP contribution in [-0.2, 0) is 10.3 Å². The lowest BCUT2D eigenvalue weighted by molar-refractivity contribution is -0.385. The average molecular weight is 209 g/mol. The summed E-state index contributed by atoms with van der Waals surface area (Å²) in [6.07, 6.45) is 0. The summed E-state index contributed by atoms with van der Waals surface area (Å²) in [6.45, 7) is 2.46. The Morgan fingerprint density at radius 1 is 1.60 bits per heavy atom. The largest absolute Gasteiger partial charge is 0.496 e. The van der Waals surface area contributed by atoms with Gasteiger partial charge < -0.3 is 9.47 Å². The molecule has 1 fully saturated rings. The van der Waals surface area contributed by atoms with Crippen molar-refractivity contribution in [2.45, 2.75) is 12.5 Å². The zero-order valence-electron chi connectivity index (χ0n) is 8.52. The quantitative estimate of drug-likeness (QED) is 0.433. The van der Waals surface area contributed by atoms with Gasteiger partial charge in [-0.1, -0.05) is 0 Å². The molecule has 0 bridgehead atoms. The summed E-state index contributed by atoms with van der Waals surface area (Å²) < 4.78 is 10.4. The van der Waals surface area contributed by atoms with Crippen molar-refractivity contribution in [2.24, 2.45) is 0 Å². The zero-order chi connectivity index (χ0) is 11.1. The van der Waals surface area contributed by atoms with Crippen LogP contribution in [-0.4, -0.2) is 18.6 Å². The predicted molar refractivity (Wildman–Crippen MR) is 53.0 cm³/mol. The number of nitro groups is 1. The van der Waals surface area contributed by atoms with E-state index in [9.17, 15) is 10.1 Å². The molecule has 1 heterocycles. The van der Waals surface area contributed by atoms with Crippen molar-refractivity contribution in [3.63, 3.8) is 0 Å². The van der Waals surface area contributed by atoms with Crippen LogP contribution in [0.4, 0.5) is 5.69 Å². The number of methoxy groups -OCH3 is 1. The first kappa shape index (κ1) is 9.92. The topological polar surface area (TPSA) is 64.9 Å². The third-order valence-electron chi connectivity index (χ3n) is 2.54. The predicted octanol–water partition coefficient (Wildman–Crippen LogP) is 1.85. The molecule has 15 heavy (non-hydrogen) atoms. The molecule has 1 aromatic rings. The first-order valence-corrected chi connectivity index (χ1v) is 4.54. The summed E-state index contributed by atoms with van der Waals surface area (Å²) in [7, 11) is 1.54. The molecule has 0 aromatic heterocycles. The lowest BCUT2D eigenvalue weighted by Crippen LogP contribution is -2.05. The van der Waals surface area contributed by atoms with Gasteiger partial charge in [-0.2, -0.15) is 0 Å². The molecule has 1 aliphatic rings. The summed E-state index contributed by atoms with van der Waals surface area (Å²) in [5.74, 6) is 0.626. The van der Waals surface area contributed by atoms with Crippen LogP contribution in [0.1, 0.15) is 12.5 Å². The SMILES string of the molecule is COc1ccc([N+](=O)[O-])cc1C1(C)CO1. The molecule has 0 aliphatic carbocycles. The summed E-state index contributed by atoms with van der Waals surface area (Å²) in [5, 5.41) is 10.6. The highest BCUT2D eigenvalue weighted by atomic mass is 16.6. The molecule has 1 saturated heterocycles. The Bertz CT molecular complexity index is 412. The molecule has 1 aliphatic heterocycles. The Balaban J connectivity index is 2.48. The summed E-state index contributed by atoms with van der Waals surface area (Å²) >= 11 is 0. The average Bonchev–Trinajstić information content (AvgIpc) is 2.96. The zero-order valence-corrected chi connectivity index (χ0v) is 8.52.